The fraction of sp³-hybridized carbons (Fsp3) is 0.818. The molecule has 0 bridgehead atoms. The van der Waals surface area contributed by atoms with E-state index in [9.17, 15) is 9.18 Å². The number of hydrogen-bond donors (Lipinski definition) is 0. The summed E-state index contributed by atoms with van der Waals surface area (Å²) in [6.07, 6.45) is 3.33. The molecule has 0 aliphatic heterocycles. The number of carbonyl (C=O) groups is 1. The van der Waals surface area contributed by atoms with Crippen LogP contribution in [0.1, 0.15) is 46.0 Å². The first-order chi connectivity index (χ1) is 7.10. The molecule has 0 N–H and O–H groups in total. The number of esters is 1. The molecule has 0 heterocycles. The van der Waals surface area contributed by atoms with Crippen molar-refractivity contribution >= 4 is 5.97 Å². The van der Waals surface area contributed by atoms with E-state index in [1.54, 1.807) is 6.92 Å². The molecule has 0 fully saturated rings. The molecule has 3 nitrogen and oxygen atoms in total. The Morgan fingerprint density at radius 2 is 2.07 bits per heavy atom. The summed E-state index contributed by atoms with van der Waals surface area (Å²) in [5.41, 5.74) is -2.45. The Labute approximate surface area is 90.2 Å². The summed E-state index contributed by atoms with van der Waals surface area (Å²) >= 11 is 0. The molecule has 0 aromatic heterocycles. The van der Waals surface area contributed by atoms with Gasteiger partial charge in [0.25, 0.3) is 5.67 Å². The Kier molecular flexibility index (Phi) is 6.68. The first-order valence-electron chi connectivity index (χ1n) is 5.38. The first-order valence-corrected chi connectivity index (χ1v) is 5.38. The molecule has 0 aliphatic carbocycles. The lowest BCUT2D eigenvalue weighted by Crippen LogP contribution is -2.34. The molecular formula is C11H18FNO2. The number of ether oxygens (including phenoxy) is 1. The van der Waals surface area contributed by atoms with Crippen molar-refractivity contribution in [1.82, 2.24) is 0 Å². The van der Waals surface area contributed by atoms with Crippen LogP contribution in [0.5, 0.6) is 0 Å². The predicted molar refractivity (Wildman–Crippen MR) is 54.8 cm³/mol. The molecule has 4 heteroatoms. The van der Waals surface area contributed by atoms with E-state index in [0.29, 0.717) is 6.42 Å². The van der Waals surface area contributed by atoms with Gasteiger partial charge in [-0.3, -0.25) is 0 Å². The number of halogens is 1. The third kappa shape index (κ3) is 4.78. The fourth-order valence-corrected chi connectivity index (χ4v) is 1.24. The van der Waals surface area contributed by atoms with Crippen molar-refractivity contribution in [2.24, 2.45) is 0 Å². The van der Waals surface area contributed by atoms with Crippen LogP contribution in [0, 0.1) is 11.3 Å². The lowest BCUT2D eigenvalue weighted by Gasteiger charge is -2.14. The number of nitriles is 1. The summed E-state index contributed by atoms with van der Waals surface area (Å²) in [7, 11) is 0. The Hall–Kier alpha value is -1.11. The highest BCUT2D eigenvalue weighted by atomic mass is 19.1. The van der Waals surface area contributed by atoms with Crippen LogP contribution >= 0.6 is 0 Å². The second-order valence-corrected chi connectivity index (χ2v) is 3.44. The Morgan fingerprint density at radius 3 is 2.53 bits per heavy atom. The summed E-state index contributed by atoms with van der Waals surface area (Å²) in [6.45, 7) is 3.73. The minimum atomic E-state index is -2.45. The van der Waals surface area contributed by atoms with Gasteiger partial charge in [0, 0.05) is 6.42 Å². The first kappa shape index (κ1) is 13.9. The highest BCUT2D eigenvalue weighted by molar-refractivity contribution is 5.82. The second kappa shape index (κ2) is 7.22. The molecule has 86 valence electrons. The quantitative estimate of drug-likeness (QED) is 0.484. The molecule has 1 unspecified atom stereocenters. The van der Waals surface area contributed by atoms with E-state index in [1.165, 1.54) is 6.07 Å². The Balaban J connectivity index is 4.08. The zero-order chi connectivity index (χ0) is 11.7. The molecule has 0 amide bonds. The summed E-state index contributed by atoms with van der Waals surface area (Å²) < 4.78 is 18.2. The highest BCUT2D eigenvalue weighted by Crippen LogP contribution is 2.21. The Bertz CT molecular complexity index is 237. The van der Waals surface area contributed by atoms with Gasteiger partial charge in [-0.05, 0) is 13.3 Å². The van der Waals surface area contributed by atoms with Crippen molar-refractivity contribution in [2.45, 2.75) is 51.6 Å². The summed E-state index contributed by atoms with van der Waals surface area (Å²) in [4.78, 5) is 11.1. The van der Waals surface area contributed by atoms with E-state index in [0.717, 1.165) is 19.3 Å². The molecule has 0 saturated carbocycles. The van der Waals surface area contributed by atoms with E-state index in [-0.39, 0.29) is 13.0 Å². The van der Waals surface area contributed by atoms with Crippen molar-refractivity contribution < 1.29 is 13.9 Å². The molecule has 0 aromatic rings. The van der Waals surface area contributed by atoms with E-state index in [1.807, 2.05) is 6.92 Å². The molecule has 0 aromatic carbocycles. The van der Waals surface area contributed by atoms with Gasteiger partial charge in [0.15, 0.2) is 0 Å². The van der Waals surface area contributed by atoms with Crippen LogP contribution in [0.3, 0.4) is 0 Å². The van der Waals surface area contributed by atoms with Crippen LogP contribution in [-0.4, -0.2) is 18.2 Å². The van der Waals surface area contributed by atoms with Gasteiger partial charge in [-0.1, -0.05) is 26.2 Å². The maximum atomic E-state index is 13.7. The summed E-state index contributed by atoms with van der Waals surface area (Å²) in [6, 6.07) is 1.40. The molecule has 1 atom stereocenters. The van der Waals surface area contributed by atoms with Gasteiger partial charge in [0.05, 0.1) is 6.61 Å². The zero-order valence-corrected chi connectivity index (χ0v) is 9.38. The van der Waals surface area contributed by atoms with Gasteiger partial charge in [0.2, 0.25) is 0 Å². The number of carbonyl (C=O) groups excluding carboxylic acids is 1. The van der Waals surface area contributed by atoms with E-state index in [2.05, 4.69) is 4.74 Å². The average molecular weight is 215 g/mol. The van der Waals surface area contributed by atoms with Crippen molar-refractivity contribution in [3.63, 3.8) is 0 Å². The minimum Gasteiger partial charge on any atom is -0.463 e. The Morgan fingerprint density at radius 1 is 1.40 bits per heavy atom. The maximum Gasteiger partial charge on any atom is 0.358 e. The number of hydrogen-bond acceptors (Lipinski definition) is 3. The number of nitrogens with zero attached hydrogens (tertiary/aromatic N) is 1. The molecule has 0 spiro atoms. The molecule has 0 rings (SSSR count). The van der Waals surface area contributed by atoms with Crippen LogP contribution < -0.4 is 0 Å². The van der Waals surface area contributed by atoms with Gasteiger partial charge >= 0.3 is 5.97 Å². The fourth-order valence-electron chi connectivity index (χ4n) is 1.24. The van der Waals surface area contributed by atoms with Crippen LogP contribution in [0.2, 0.25) is 0 Å². The number of alkyl halides is 1. The van der Waals surface area contributed by atoms with Crippen LogP contribution in [-0.2, 0) is 9.53 Å². The normalized spacial score (nSPS) is 14.0. The van der Waals surface area contributed by atoms with Crippen molar-refractivity contribution in [3.8, 4) is 6.07 Å². The SMILES string of the molecule is CCCCCCC(F)(C#N)C(=O)OCC. The number of unbranched alkanes of at least 4 members (excludes halogenated alkanes) is 3. The van der Waals surface area contributed by atoms with Gasteiger partial charge in [-0.2, -0.15) is 5.26 Å². The molecule has 0 aliphatic rings. The minimum absolute atomic E-state index is 0.0671. The van der Waals surface area contributed by atoms with Gasteiger partial charge in [-0.25, -0.2) is 9.18 Å². The molecular weight excluding hydrogens is 197 g/mol. The van der Waals surface area contributed by atoms with Gasteiger partial charge < -0.3 is 4.74 Å². The maximum absolute atomic E-state index is 13.7. The largest absolute Gasteiger partial charge is 0.463 e. The van der Waals surface area contributed by atoms with E-state index in [4.69, 9.17) is 5.26 Å². The van der Waals surface area contributed by atoms with Crippen LogP contribution in [0.15, 0.2) is 0 Å². The number of rotatable bonds is 7. The summed E-state index contributed by atoms with van der Waals surface area (Å²) in [5, 5.41) is 8.61. The standard InChI is InChI=1S/C11H18FNO2/c1-3-5-6-7-8-11(12,9-13)10(14)15-4-2/h3-8H2,1-2H3. The molecule has 0 saturated heterocycles. The average Bonchev–Trinajstić information content (AvgIpc) is 2.24. The third-order valence-corrected chi connectivity index (χ3v) is 2.15. The summed E-state index contributed by atoms with van der Waals surface area (Å²) in [5.74, 6) is -1.05. The van der Waals surface area contributed by atoms with Gasteiger partial charge in [-0.15, -0.1) is 0 Å². The van der Waals surface area contributed by atoms with E-state index >= 15 is 0 Å². The van der Waals surface area contributed by atoms with E-state index < -0.39 is 11.6 Å². The van der Waals surface area contributed by atoms with Gasteiger partial charge in [0.1, 0.15) is 6.07 Å². The van der Waals surface area contributed by atoms with Crippen molar-refractivity contribution in [1.29, 1.82) is 5.26 Å². The van der Waals surface area contributed by atoms with Crippen molar-refractivity contribution in [2.75, 3.05) is 6.61 Å². The third-order valence-electron chi connectivity index (χ3n) is 2.15. The van der Waals surface area contributed by atoms with Crippen LogP contribution in [0.25, 0.3) is 0 Å². The lowest BCUT2D eigenvalue weighted by molar-refractivity contribution is -0.153. The van der Waals surface area contributed by atoms with Crippen molar-refractivity contribution in [3.05, 3.63) is 0 Å². The second-order valence-electron chi connectivity index (χ2n) is 3.44. The molecule has 0 radical (unpaired) electrons. The molecule has 15 heavy (non-hydrogen) atoms. The van der Waals surface area contributed by atoms with Crippen LogP contribution in [0.4, 0.5) is 4.39 Å². The lowest BCUT2D eigenvalue weighted by atomic mass is 9.99. The monoisotopic (exact) mass is 215 g/mol. The predicted octanol–water partition coefficient (Wildman–Crippen LogP) is 2.75. The topological polar surface area (TPSA) is 50.1 Å². The highest BCUT2D eigenvalue weighted by Gasteiger charge is 2.39. The zero-order valence-electron chi connectivity index (χ0n) is 9.38. The smallest absolute Gasteiger partial charge is 0.358 e.